The normalized spacial score (nSPS) is 10.1. The molecule has 2 nitrogen and oxygen atoms in total. The maximum atomic E-state index is 13.1. The standard InChI is InChI=1S/C8H4Br2F2O2/c1-14-8(13)5-3(11)2-4(12)6(9)7(5)10/h2H,1H3. The average Bonchev–Trinajstić information content (AvgIpc) is 2.14. The van der Waals surface area contributed by atoms with Crippen LogP contribution < -0.4 is 0 Å². The number of benzene rings is 1. The molecule has 0 aliphatic heterocycles. The van der Waals surface area contributed by atoms with Crippen LogP contribution in [0.1, 0.15) is 10.4 Å². The smallest absolute Gasteiger partial charge is 0.342 e. The fourth-order valence-corrected chi connectivity index (χ4v) is 1.71. The van der Waals surface area contributed by atoms with Gasteiger partial charge in [-0.25, -0.2) is 13.6 Å². The van der Waals surface area contributed by atoms with E-state index in [1.54, 1.807) is 0 Å². The van der Waals surface area contributed by atoms with Crippen LogP contribution >= 0.6 is 31.9 Å². The Morgan fingerprint density at radius 2 is 1.86 bits per heavy atom. The van der Waals surface area contributed by atoms with Crippen molar-refractivity contribution in [3.8, 4) is 0 Å². The number of ether oxygens (including phenoxy) is 1. The highest BCUT2D eigenvalue weighted by atomic mass is 79.9. The van der Waals surface area contributed by atoms with Gasteiger partial charge < -0.3 is 4.74 Å². The van der Waals surface area contributed by atoms with Gasteiger partial charge in [-0.1, -0.05) is 0 Å². The van der Waals surface area contributed by atoms with Gasteiger partial charge in [0, 0.05) is 6.07 Å². The van der Waals surface area contributed by atoms with Crippen LogP contribution in [0.5, 0.6) is 0 Å². The Bertz CT molecular complexity index is 393. The predicted octanol–water partition coefficient (Wildman–Crippen LogP) is 3.28. The number of methoxy groups -OCH3 is 1. The second-order valence-electron chi connectivity index (χ2n) is 2.33. The van der Waals surface area contributed by atoms with Crippen LogP contribution in [0, 0.1) is 11.6 Å². The van der Waals surface area contributed by atoms with Crippen molar-refractivity contribution in [2.24, 2.45) is 0 Å². The SMILES string of the molecule is COC(=O)c1c(F)cc(F)c(Br)c1Br. The average molecular weight is 330 g/mol. The van der Waals surface area contributed by atoms with E-state index in [4.69, 9.17) is 0 Å². The Morgan fingerprint density at radius 1 is 1.29 bits per heavy atom. The molecule has 0 unspecified atom stereocenters. The molecule has 1 rings (SSSR count). The highest BCUT2D eigenvalue weighted by Crippen LogP contribution is 2.31. The molecule has 0 spiro atoms. The fraction of sp³-hybridized carbons (Fsp3) is 0.125. The number of carbonyl (C=O) groups excluding carboxylic acids is 1. The number of esters is 1. The van der Waals surface area contributed by atoms with Gasteiger partial charge >= 0.3 is 5.97 Å². The van der Waals surface area contributed by atoms with E-state index in [-0.39, 0.29) is 14.5 Å². The van der Waals surface area contributed by atoms with E-state index in [0.29, 0.717) is 6.07 Å². The van der Waals surface area contributed by atoms with E-state index in [2.05, 4.69) is 36.6 Å². The molecule has 0 heterocycles. The number of hydrogen-bond acceptors (Lipinski definition) is 2. The topological polar surface area (TPSA) is 26.3 Å². The monoisotopic (exact) mass is 328 g/mol. The summed E-state index contributed by atoms with van der Waals surface area (Å²) in [6.45, 7) is 0. The molecule has 0 N–H and O–H groups in total. The van der Waals surface area contributed by atoms with Crippen molar-refractivity contribution >= 4 is 37.8 Å². The first-order valence-corrected chi connectivity index (χ1v) is 4.99. The second kappa shape index (κ2) is 4.35. The molecule has 0 aliphatic rings. The summed E-state index contributed by atoms with van der Waals surface area (Å²) in [4.78, 5) is 11.1. The Balaban J connectivity index is 3.44. The zero-order valence-electron chi connectivity index (χ0n) is 6.91. The van der Waals surface area contributed by atoms with Crippen molar-refractivity contribution in [2.45, 2.75) is 0 Å². The van der Waals surface area contributed by atoms with Gasteiger partial charge in [-0.15, -0.1) is 0 Å². The lowest BCUT2D eigenvalue weighted by molar-refractivity contribution is 0.0594. The van der Waals surface area contributed by atoms with Gasteiger partial charge in [-0.3, -0.25) is 0 Å². The highest BCUT2D eigenvalue weighted by molar-refractivity contribution is 9.13. The number of hydrogen-bond donors (Lipinski definition) is 0. The number of halogens is 4. The Morgan fingerprint density at radius 3 is 2.36 bits per heavy atom. The Hall–Kier alpha value is -0.490. The summed E-state index contributed by atoms with van der Waals surface area (Å²) in [6.07, 6.45) is 0. The summed E-state index contributed by atoms with van der Waals surface area (Å²) < 4.78 is 30.4. The largest absolute Gasteiger partial charge is 0.465 e. The zero-order valence-corrected chi connectivity index (χ0v) is 10.1. The van der Waals surface area contributed by atoms with Crippen molar-refractivity contribution in [1.29, 1.82) is 0 Å². The van der Waals surface area contributed by atoms with E-state index in [0.717, 1.165) is 7.11 Å². The Kier molecular flexibility index (Phi) is 3.60. The molecule has 0 saturated carbocycles. The first-order chi connectivity index (χ1) is 6.49. The van der Waals surface area contributed by atoms with Crippen molar-refractivity contribution in [2.75, 3.05) is 7.11 Å². The molecule has 0 bridgehead atoms. The summed E-state index contributed by atoms with van der Waals surface area (Å²) in [5.41, 5.74) is -0.333. The van der Waals surface area contributed by atoms with E-state index < -0.39 is 17.6 Å². The van der Waals surface area contributed by atoms with E-state index >= 15 is 0 Å². The predicted molar refractivity (Wildman–Crippen MR) is 53.1 cm³/mol. The maximum absolute atomic E-state index is 13.1. The first kappa shape index (κ1) is 11.6. The van der Waals surface area contributed by atoms with Crippen LogP contribution in [0.2, 0.25) is 0 Å². The fourth-order valence-electron chi connectivity index (χ4n) is 0.855. The summed E-state index contributed by atoms with van der Waals surface area (Å²) in [5, 5.41) is 0. The molecule has 0 saturated heterocycles. The van der Waals surface area contributed by atoms with Gasteiger partial charge in [0.15, 0.2) is 0 Å². The van der Waals surface area contributed by atoms with E-state index in [9.17, 15) is 13.6 Å². The summed E-state index contributed by atoms with van der Waals surface area (Å²) in [7, 11) is 1.12. The van der Waals surface area contributed by atoms with Crippen LogP contribution in [-0.2, 0) is 4.74 Å². The third-order valence-electron chi connectivity index (χ3n) is 1.50. The lowest BCUT2D eigenvalue weighted by Gasteiger charge is -2.06. The molecule has 6 heteroatoms. The van der Waals surface area contributed by atoms with Gasteiger partial charge in [0.05, 0.1) is 16.1 Å². The van der Waals surface area contributed by atoms with Crippen molar-refractivity contribution < 1.29 is 18.3 Å². The minimum absolute atomic E-state index is 0.00171. The summed E-state index contributed by atoms with van der Waals surface area (Å²) >= 11 is 5.76. The molecule has 0 fully saturated rings. The minimum Gasteiger partial charge on any atom is -0.465 e. The van der Waals surface area contributed by atoms with Crippen molar-refractivity contribution in [3.63, 3.8) is 0 Å². The minimum atomic E-state index is -0.968. The summed E-state index contributed by atoms with van der Waals surface area (Å²) in [6, 6.07) is 0.612. The van der Waals surface area contributed by atoms with E-state index in [1.165, 1.54) is 0 Å². The van der Waals surface area contributed by atoms with Crippen molar-refractivity contribution in [3.05, 3.63) is 32.2 Å². The maximum Gasteiger partial charge on any atom is 0.342 e. The molecule has 1 aromatic rings. The van der Waals surface area contributed by atoms with Crippen LogP contribution in [0.4, 0.5) is 8.78 Å². The van der Waals surface area contributed by atoms with Crippen LogP contribution in [-0.4, -0.2) is 13.1 Å². The molecule has 0 atom stereocenters. The van der Waals surface area contributed by atoms with E-state index in [1.807, 2.05) is 0 Å². The molecular weight excluding hydrogens is 326 g/mol. The quantitative estimate of drug-likeness (QED) is 0.449. The molecule has 0 aromatic heterocycles. The lowest BCUT2D eigenvalue weighted by atomic mass is 10.2. The molecule has 0 aliphatic carbocycles. The zero-order chi connectivity index (χ0) is 10.9. The third kappa shape index (κ3) is 1.95. The molecule has 14 heavy (non-hydrogen) atoms. The van der Waals surface area contributed by atoms with Gasteiger partial charge in [-0.05, 0) is 31.9 Å². The van der Waals surface area contributed by atoms with Crippen molar-refractivity contribution in [1.82, 2.24) is 0 Å². The third-order valence-corrected chi connectivity index (χ3v) is 3.60. The lowest BCUT2D eigenvalue weighted by Crippen LogP contribution is -2.07. The van der Waals surface area contributed by atoms with Crippen LogP contribution in [0.15, 0.2) is 15.0 Å². The van der Waals surface area contributed by atoms with Gasteiger partial charge in [-0.2, -0.15) is 0 Å². The van der Waals surface area contributed by atoms with Crippen LogP contribution in [0.25, 0.3) is 0 Å². The number of rotatable bonds is 1. The highest BCUT2D eigenvalue weighted by Gasteiger charge is 2.21. The van der Waals surface area contributed by atoms with Gasteiger partial charge in [0.2, 0.25) is 0 Å². The van der Waals surface area contributed by atoms with Gasteiger partial charge in [0.25, 0.3) is 0 Å². The first-order valence-electron chi connectivity index (χ1n) is 3.40. The molecule has 76 valence electrons. The molecule has 0 radical (unpaired) electrons. The number of carbonyl (C=O) groups is 1. The Labute approximate surface area is 95.5 Å². The molecular formula is C8H4Br2F2O2. The second-order valence-corrected chi connectivity index (χ2v) is 3.92. The van der Waals surface area contributed by atoms with Gasteiger partial charge in [0.1, 0.15) is 17.2 Å². The molecule has 0 amide bonds. The summed E-state index contributed by atoms with van der Waals surface area (Å²) in [5.74, 6) is -2.62. The molecule has 1 aromatic carbocycles. The van der Waals surface area contributed by atoms with Crippen LogP contribution in [0.3, 0.4) is 0 Å².